The smallest absolute Gasteiger partial charge is 0.251 e. The van der Waals surface area contributed by atoms with Gasteiger partial charge in [-0.15, -0.1) is 0 Å². The van der Waals surface area contributed by atoms with Crippen LogP contribution in [0.15, 0.2) is 42.5 Å². The first-order valence-electron chi connectivity index (χ1n) is 27.3. The molecule has 7 unspecified atom stereocenters. The van der Waals surface area contributed by atoms with E-state index < -0.39 is 17.7 Å². The average Bonchev–Trinajstić information content (AvgIpc) is 3.90. The van der Waals surface area contributed by atoms with Crippen LogP contribution in [-0.4, -0.2) is 171 Å². The first kappa shape index (κ1) is 71.9. The van der Waals surface area contributed by atoms with Crippen molar-refractivity contribution in [3.8, 4) is 0 Å². The van der Waals surface area contributed by atoms with Crippen molar-refractivity contribution in [2.45, 2.75) is 148 Å². The van der Waals surface area contributed by atoms with Crippen molar-refractivity contribution in [1.82, 2.24) is 45.9 Å². The molecule has 2 aromatic carbocycles. The molecule has 7 N–H and O–H groups in total. The minimum atomic E-state index is -0.511. The predicted octanol–water partition coefficient (Wildman–Crippen LogP) is 6.20. The number of benzene rings is 2. The van der Waals surface area contributed by atoms with Crippen LogP contribution in [0.3, 0.4) is 0 Å². The molecule has 0 aliphatic carbocycles. The van der Waals surface area contributed by atoms with E-state index >= 15 is 0 Å². The number of hydrogen-bond acceptors (Lipinski definition) is 13. The number of carbonyl (C=O) groups excluding carboxylic acids is 7. The summed E-state index contributed by atoms with van der Waals surface area (Å²) in [5, 5.41) is 14.2. The van der Waals surface area contributed by atoms with Crippen molar-refractivity contribution in [1.29, 1.82) is 0 Å². The molecule has 444 valence electrons. The lowest BCUT2D eigenvalue weighted by atomic mass is 9.91. The molecule has 79 heavy (non-hydrogen) atoms. The van der Waals surface area contributed by atoms with Crippen LogP contribution in [0.2, 0.25) is 0 Å². The van der Waals surface area contributed by atoms with Crippen LogP contribution in [-0.2, 0) is 55.3 Å². The van der Waals surface area contributed by atoms with Crippen molar-refractivity contribution in [2.24, 2.45) is 23.5 Å². The highest BCUT2D eigenvalue weighted by Gasteiger charge is 2.34. The first-order valence-corrected chi connectivity index (χ1v) is 29.6. The highest BCUT2D eigenvalue weighted by molar-refractivity contribution is 9.09. The number of rotatable bonds is 28. The third kappa shape index (κ3) is 24.6. The molecule has 1 aliphatic heterocycles. The number of anilines is 1. The SMILES string of the molecule is CCC.CCC(C)C(C(CC)OC)N(C)C(=O)CNC(=O)C(C(C)C)N(C)C.COC(C(C)C)C1CCCN1C=O.NCC(Cc1ccc(NC(=O)CNC(=O)CNC(=O)c2ccc3nc(CBr)c(CBr)nc3c2)cc1)NC=O. The van der Waals surface area contributed by atoms with Gasteiger partial charge in [0.15, 0.2) is 0 Å². The molecule has 22 heteroatoms. The fourth-order valence-corrected chi connectivity index (χ4v) is 10.1. The van der Waals surface area contributed by atoms with Gasteiger partial charge >= 0.3 is 0 Å². The molecular weight excluding hydrogens is 1140 g/mol. The summed E-state index contributed by atoms with van der Waals surface area (Å²) in [5.74, 6) is -0.611. The normalized spacial score (nSPS) is 15.1. The molecule has 4 rings (SSSR count). The Morgan fingerprint density at radius 1 is 0.797 bits per heavy atom. The number of nitrogens with one attached hydrogen (secondary N) is 5. The number of fused-ring (bicyclic) bond motifs is 1. The summed E-state index contributed by atoms with van der Waals surface area (Å²) in [5.41, 5.74) is 10.3. The lowest BCUT2D eigenvalue weighted by molar-refractivity contribution is -0.138. The van der Waals surface area contributed by atoms with Crippen molar-refractivity contribution >= 4 is 90.9 Å². The third-order valence-electron chi connectivity index (χ3n) is 13.3. The standard InChI is InChI=1S/C25H27Br2N7O4.C19H39N3O3.C10H19NO2.C3H8/c26-9-21-22(10-27)34-20-8-16(3-6-19(20)33-21)25(38)30-12-23(36)29-13-24(37)32-17-4-1-15(2-5-17)7-18(11-28)31-14-35;1-10-14(5)18(15(11-2)25-9)22(8)16(23)12-20-19(24)17(13(3)4)21(6)7;1-8(2)10(13-3)9-5-4-6-11(9)7-12;1-3-2/h1-6,8,14,18H,7,9-13,28H2,(H,29,36)(H,30,38)(H,31,35)(H,32,37);13-15,17-18H,10-12H2,1-9H3,(H,20,24);7-10H,4-6H2,1-3H3;3H2,1-2H3. The fraction of sp³-hybridized carbons (Fsp3) is 0.632. The number of amides is 7. The molecule has 1 aromatic heterocycles. The second-order valence-electron chi connectivity index (χ2n) is 20.4. The van der Waals surface area contributed by atoms with E-state index in [1.54, 1.807) is 56.5 Å². The van der Waals surface area contributed by atoms with Crippen LogP contribution in [0.25, 0.3) is 11.0 Å². The van der Waals surface area contributed by atoms with E-state index in [0.29, 0.717) is 70.2 Å². The largest absolute Gasteiger partial charge is 0.379 e. The highest BCUT2D eigenvalue weighted by Crippen LogP contribution is 2.25. The molecule has 0 saturated carbocycles. The van der Waals surface area contributed by atoms with Gasteiger partial charge in [0.05, 0.1) is 72.4 Å². The van der Waals surface area contributed by atoms with E-state index in [2.05, 4.69) is 117 Å². The van der Waals surface area contributed by atoms with Gasteiger partial charge in [0, 0.05) is 62.3 Å². The quantitative estimate of drug-likeness (QED) is 0.0350. The molecule has 1 fully saturated rings. The van der Waals surface area contributed by atoms with Gasteiger partial charge in [-0.05, 0) is 93.4 Å². The highest BCUT2D eigenvalue weighted by atomic mass is 79.9. The molecule has 20 nitrogen and oxygen atoms in total. The monoisotopic (exact) mass is 1230 g/mol. The summed E-state index contributed by atoms with van der Waals surface area (Å²) in [6.45, 7) is 19.5. The summed E-state index contributed by atoms with van der Waals surface area (Å²) < 4.78 is 11.0. The second-order valence-corrected chi connectivity index (χ2v) is 21.5. The molecule has 2 heterocycles. The van der Waals surface area contributed by atoms with E-state index in [1.165, 1.54) is 6.42 Å². The Balaban J connectivity index is 0.000000649. The summed E-state index contributed by atoms with van der Waals surface area (Å²) in [7, 11) is 8.97. The average molecular weight is 1240 g/mol. The Labute approximate surface area is 487 Å². The number of alkyl halides is 2. The summed E-state index contributed by atoms with van der Waals surface area (Å²) in [4.78, 5) is 97.9. The molecule has 1 saturated heterocycles. The van der Waals surface area contributed by atoms with Gasteiger partial charge in [-0.1, -0.05) is 119 Å². The maximum absolute atomic E-state index is 12.6. The molecule has 7 atom stereocenters. The maximum atomic E-state index is 12.6. The minimum absolute atomic E-state index is 0.000790. The Kier molecular flexibility index (Phi) is 35.8. The molecule has 0 bridgehead atoms. The van der Waals surface area contributed by atoms with Crippen LogP contribution in [0.1, 0.15) is 122 Å². The number of hydrogen-bond donors (Lipinski definition) is 6. The van der Waals surface area contributed by atoms with Crippen LogP contribution < -0.4 is 32.3 Å². The van der Waals surface area contributed by atoms with Crippen LogP contribution in [0, 0.1) is 17.8 Å². The lowest BCUT2D eigenvalue weighted by Gasteiger charge is -2.37. The van der Waals surface area contributed by atoms with E-state index in [0.717, 1.165) is 55.6 Å². The number of nitrogens with two attached hydrogens (primary N) is 1. The number of carbonyl (C=O) groups is 7. The van der Waals surface area contributed by atoms with Crippen LogP contribution >= 0.6 is 31.9 Å². The number of methoxy groups -OCH3 is 2. The molecule has 3 aromatic rings. The Bertz CT molecular complexity index is 2300. The molecule has 1 aliphatic rings. The number of likely N-dealkylation sites (tertiary alicyclic amines) is 1. The van der Waals surface area contributed by atoms with Gasteiger partial charge in [-0.3, -0.25) is 38.5 Å². The third-order valence-corrected chi connectivity index (χ3v) is 14.4. The van der Waals surface area contributed by atoms with Gasteiger partial charge in [-0.25, -0.2) is 9.97 Å². The zero-order valence-corrected chi connectivity index (χ0v) is 52.5. The van der Waals surface area contributed by atoms with Gasteiger partial charge < -0.3 is 51.6 Å². The van der Waals surface area contributed by atoms with Crippen molar-refractivity contribution in [3.63, 3.8) is 0 Å². The summed E-state index contributed by atoms with van der Waals surface area (Å²) in [6, 6.07) is 11.9. The topological polar surface area (TPSA) is 260 Å². The van der Waals surface area contributed by atoms with Crippen molar-refractivity contribution in [3.05, 3.63) is 65.0 Å². The second kappa shape index (κ2) is 39.3. The first-order chi connectivity index (χ1) is 37.6. The Morgan fingerprint density at radius 2 is 1.41 bits per heavy atom. The van der Waals surface area contributed by atoms with Crippen molar-refractivity contribution < 1.29 is 43.0 Å². The van der Waals surface area contributed by atoms with Gasteiger partial charge in [0.1, 0.15) is 0 Å². The summed E-state index contributed by atoms with van der Waals surface area (Å²) in [6.07, 6.45) is 7.55. The zero-order valence-electron chi connectivity index (χ0n) is 49.3. The number of nitrogens with zero attached hydrogens (tertiary/aromatic N) is 5. The Morgan fingerprint density at radius 3 is 1.90 bits per heavy atom. The predicted molar refractivity (Wildman–Crippen MR) is 321 cm³/mol. The van der Waals surface area contributed by atoms with Crippen LogP contribution in [0.5, 0.6) is 0 Å². The number of ether oxygens (including phenoxy) is 2. The molecule has 0 radical (unpaired) electrons. The molecular formula is C57H93Br2N11O9. The maximum Gasteiger partial charge on any atom is 0.251 e. The fourth-order valence-electron chi connectivity index (χ4n) is 9.16. The Hall–Kier alpha value is -5.13. The van der Waals surface area contributed by atoms with E-state index in [1.807, 2.05) is 49.9 Å². The van der Waals surface area contributed by atoms with E-state index in [4.69, 9.17) is 15.2 Å². The minimum Gasteiger partial charge on any atom is -0.379 e. The number of halogens is 2. The van der Waals surface area contributed by atoms with Gasteiger partial charge in [-0.2, -0.15) is 0 Å². The van der Waals surface area contributed by atoms with E-state index in [-0.39, 0.29) is 67.7 Å². The molecule has 0 spiro atoms. The number of likely N-dealkylation sites (N-methyl/N-ethyl adjacent to an activating group) is 2. The van der Waals surface area contributed by atoms with Crippen LogP contribution in [0.4, 0.5) is 5.69 Å². The number of aromatic nitrogens is 2. The lowest BCUT2D eigenvalue weighted by Crippen LogP contribution is -2.53. The van der Waals surface area contributed by atoms with Crippen molar-refractivity contribution in [2.75, 3.05) is 73.4 Å². The van der Waals surface area contributed by atoms with Gasteiger partial charge in [0.25, 0.3) is 5.91 Å². The zero-order chi connectivity index (χ0) is 59.8. The molecule has 7 amide bonds. The van der Waals surface area contributed by atoms with E-state index in [9.17, 15) is 33.6 Å². The summed E-state index contributed by atoms with van der Waals surface area (Å²) >= 11 is 6.79. The van der Waals surface area contributed by atoms with Gasteiger partial charge in [0.2, 0.25) is 36.4 Å².